The average Bonchev–Trinajstić information content (AvgIpc) is 0.868. The first-order valence-electron chi connectivity index (χ1n) is 35.8. The van der Waals surface area contributed by atoms with Crippen LogP contribution in [-0.2, 0) is 0 Å². The number of rotatable bonds is 48. The highest BCUT2D eigenvalue weighted by Crippen LogP contribution is 2.39. The van der Waals surface area contributed by atoms with Crippen LogP contribution in [0.15, 0.2) is 72.8 Å². The third-order valence-corrected chi connectivity index (χ3v) is 18.4. The molecule has 5 rings (SSSR count). The molecule has 0 aliphatic rings. The van der Waals surface area contributed by atoms with Gasteiger partial charge in [0.25, 0.3) is 0 Å². The van der Waals surface area contributed by atoms with Crippen molar-refractivity contribution in [1.82, 2.24) is 0 Å². The lowest BCUT2D eigenvalue weighted by Gasteiger charge is -2.19. The molecule has 0 saturated carbocycles. The SMILES string of the molecule is CCCCC(CC)COc1ccc(OC)c(/C=C/c2cc(OCC(CC)CCCC)c(/C=C/c3cc(OCC(CC)CCCC)c(/C=C/c4cc(OCC(CC)CCCC)c(/C=C/c5cc(OC)ccc5OCC(CC)CCCC)cc4OC)cc3OC)cc2OC)c1. The van der Waals surface area contributed by atoms with Crippen molar-refractivity contribution in [1.29, 1.82) is 0 Å². The van der Waals surface area contributed by atoms with E-state index in [1.807, 2.05) is 30.3 Å². The molecule has 93 heavy (non-hydrogen) atoms. The molecule has 0 radical (unpaired) electrons. The molecule has 0 amide bonds. The largest absolute Gasteiger partial charge is 0.497 e. The van der Waals surface area contributed by atoms with Gasteiger partial charge in [-0.05, 0) is 134 Å². The Morgan fingerprint density at radius 3 is 0.774 bits per heavy atom. The Hall–Kier alpha value is -6.94. The Balaban J connectivity index is 1.62. The highest BCUT2D eigenvalue weighted by molar-refractivity contribution is 5.84. The topological polar surface area (TPSA) is 92.3 Å². The Bertz CT molecular complexity index is 3040. The summed E-state index contributed by atoms with van der Waals surface area (Å²) in [6.45, 7) is 25.7. The van der Waals surface area contributed by atoms with E-state index in [0.717, 1.165) is 181 Å². The number of benzene rings is 5. The summed E-state index contributed by atoms with van der Waals surface area (Å²) in [6, 6.07) is 24.6. The number of hydrogen-bond donors (Lipinski definition) is 0. The summed E-state index contributed by atoms with van der Waals surface area (Å²) in [6.07, 6.45) is 39.4. The van der Waals surface area contributed by atoms with Gasteiger partial charge in [-0.3, -0.25) is 0 Å². The summed E-state index contributed by atoms with van der Waals surface area (Å²) in [5.74, 6) is 9.86. The fourth-order valence-corrected chi connectivity index (χ4v) is 11.6. The Morgan fingerprint density at radius 2 is 0.484 bits per heavy atom. The van der Waals surface area contributed by atoms with Gasteiger partial charge in [0.15, 0.2) is 0 Å². The summed E-state index contributed by atoms with van der Waals surface area (Å²) < 4.78 is 64.0. The van der Waals surface area contributed by atoms with E-state index in [0.29, 0.717) is 79.9 Å². The van der Waals surface area contributed by atoms with Crippen molar-refractivity contribution in [3.05, 3.63) is 117 Å². The van der Waals surface area contributed by atoms with Crippen LogP contribution in [0.4, 0.5) is 0 Å². The Morgan fingerprint density at radius 1 is 0.247 bits per heavy atom. The molecule has 0 aliphatic carbocycles. The lowest BCUT2D eigenvalue weighted by Crippen LogP contribution is -2.12. The summed E-state index contributed by atoms with van der Waals surface area (Å²) in [7, 11) is 8.58. The van der Waals surface area contributed by atoms with Crippen LogP contribution < -0.4 is 47.4 Å². The molecule has 10 nitrogen and oxygen atoms in total. The van der Waals surface area contributed by atoms with E-state index in [1.54, 1.807) is 35.5 Å². The van der Waals surface area contributed by atoms with Gasteiger partial charge in [0.1, 0.15) is 57.5 Å². The molecule has 5 aromatic rings. The number of unbranched alkanes of at least 4 members (excludes halogenated alkanes) is 5. The van der Waals surface area contributed by atoms with Gasteiger partial charge < -0.3 is 47.4 Å². The van der Waals surface area contributed by atoms with Crippen molar-refractivity contribution in [2.45, 2.75) is 198 Å². The Labute approximate surface area is 563 Å². The number of hydrogen-bond acceptors (Lipinski definition) is 10. The molecule has 0 bridgehead atoms. The summed E-state index contributed by atoms with van der Waals surface area (Å²) in [5, 5.41) is 0. The maximum atomic E-state index is 6.95. The van der Waals surface area contributed by atoms with Crippen LogP contribution >= 0.6 is 0 Å². The predicted octanol–water partition coefficient (Wildman–Crippen LogP) is 23.4. The van der Waals surface area contributed by atoms with Gasteiger partial charge in [-0.15, -0.1) is 0 Å². The zero-order valence-electron chi connectivity index (χ0n) is 60.2. The second-order valence-electron chi connectivity index (χ2n) is 25.2. The summed E-state index contributed by atoms with van der Waals surface area (Å²) in [4.78, 5) is 0. The maximum Gasteiger partial charge on any atom is 0.127 e. The van der Waals surface area contributed by atoms with E-state index in [4.69, 9.17) is 47.4 Å². The zero-order valence-corrected chi connectivity index (χ0v) is 60.2. The molecule has 512 valence electrons. The fourth-order valence-electron chi connectivity index (χ4n) is 11.6. The van der Waals surface area contributed by atoms with Crippen LogP contribution in [0.3, 0.4) is 0 Å². The van der Waals surface area contributed by atoms with Crippen LogP contribution in [0.1, 0.15) is 242 Å². The van der Waals surface area contributed by atoms with Gasteiger partial charge >= 0.3 is 0 Å². The first-order valence-corrected chi connectivity index (χ1v) is 35.8. The smallest absolute Gasteiger partial charge is 0.127 e. The van der Waals surface area contributed by atoms with Crippen molar-refractivity contribution in [2.75, 3.05) is 68.6 Å². The molecule has 0 N–H and O–H groups in total. The van der Waals surface area contributed by atoms with Gasteiger partial charge in [-0.1, -0.05) is 214 Å². The molecule has 0 fully saturated rings. The number of methoxy groups -OCH3 is 5. The normalized spacial score (nSPS) is 13.4. The third kappa shape index (κ3) is 25.4. The second kappa shape index (κ2) is 43.9. The first kappa shape index (κ1) is 76.8. The Kier molecular flexibility index (Phi) is 36.2. The van der Waals surface area contributed by atoms with E-state index in [1.165, 1.54) is 32.1 Å². The summed E-state index contributed by atoms with van der Waals surface area (Å²) >= 11 is 0. The van der Waals surface area contributed by atoms with Gasteiger partial charge in [-0.25, -0.2) is 0 Å². The van der Waals surface area contributed by atoms with Gasteiger partial charge in [0.05, 0.1) is 68.6 Å². The molecule has 0 heterocycles. The third-order valence-electron chi connectivity index (χ3n) is 18.4. The molecular weight excluding hydrogens is 1160 g/mol. The van der Waals surface area contributed by atoms with Gasteiger partial charge in [0.2, 0.25) is 0 Å². The minimum Gasteiger partial charge on any atom is -0.497 e. The molecule has 5 atom stereocenters. The lowest BCUT2D eigenvalue weighted by molar-refractivity contribution is 0.232. The minimum atomic E-state index is 0.405. The van der Waals surface area contributed by atoms with E-state index in [9.17, 15) is 0 Å². The van der Waals surface area contributed by atoms with Crippen LogP contribution in [-0.4, -0.2) is 68.6 Å². The predicted molar refractivity (Wildman–Crippen MR) is 395 cm³/mol. The highest BCUT2D eigenvalue weighted by Gasteiger charge is 2.19. The van der Waals surface area contributed by atoms with Crippen molar-refractivity contribution < 1.29 is 47.4 Å². The lowest BCUT2D eigenvalue weighted by atomic mass is 10.00. The summed E-state index contributed by atoms with van der Waals surface area (Å²) in [5.41, 5.74) is 7.13. The van der Waals surface area contributed by atoms with Crippen molar-refractivity contribution in [2.24, 2.45) is 29.6 Å². The van der Waals surface area contributed by atoms with Gasteiger partial charge in [-0.2, -0.15) is 0 Å². The average molecular weight is 1280 g/mol. The van der Waals surface area contributed by atoms with Crippen LogP contribution in [0.25, 0.3) is 48.6 Å². The molecule has 0 aliphatic heterocycles. The minimum absolute atomic E-state index is 0.405. The van der Waals surface area contributed by atoms with Crippen LogP contribution in [0, 0.1) is 29.6 Å². The molecule has 10 heteroatoms. The van der Waals surface area contributed by atoms with Crippen molar-refractivity contribution in [3.8, 4) is 57.5 Å². The first-order chi connectivity index (χ1) is 45.4. The molecule has 0 spiro atoms. The highest BCUT2D eigenvalue weighted by atomic mass is 16.5. The van der Waals surface area contributed by atoms with Crippen LogP contribution in [0.2, 0.25) is 0 Å². The maximum absolute atomic E-state index is 6.95. The van der Waals surface area contributed by atoms with E-state index in [-0.39, 0.29) is 0 Å². The molecular formula is C83H120O10. The quantitative estimate of drug-likeness (QED) is 0.0351. The zero-order chi connectivity index (χ0) is 67.2. The number of ether oxygens (including phenoxy) is 10. The molecule has 5 aromatic carbocycles. The fraction of sp³-hybridized carbons (Fsp3) is 0.542. The standard InChI is InChI=1S/C83H120O10/c1-16-26-31-61(21-6)56-89-75-45-46-76(85-12)66(49-75)36-38-68-53-82(92-59-64(24-9)34-29-19-4)72(51-78(68)86-13)42-40-70-55-83(93-60-65(25-10)35-30-20-5)73(52-80(70)88-15)43-39-69-54-81(91-58-63(23-8)33-28-18-3)71(50-79(69)87-14)41-37-67-48-74(84-11)44-47-77(67)90-57-62(22-7)32-27-17-2/h36-55,61-65H,16-35,56-60H2,1-15H3/b38-36+,41-37+,42-40+,43-39+. The van der Waals surface area contributed by atoms with Crippen molar-refractivity contribution >= 4 is 48.6 Å². The van der Waals surface area contributed by atoms with Gasteiger partial charge in [0, 0.05) is 44.5 Å². The van der Waals surface area contributed by atoms with E-state index in [2.05, 4.69) is 160 Å². The molecule has 0 saturated heterocycles. The van der Waals surface area contributed by atoms with Crippen LogP contribution in [0.5, 0.6) is 57.5 Å². The monoisotopic (exact) mass is 1280 g/mol. The van der Waals surface area contributed by atoms with Crippen molar-refractivity contribution in [3.63, 3.8) is 0 Å². The van der Waals surface area contributed by atoms with E-state index < -0.39 is 0 Å². The molecule has 5 unspecified atom stereocenters. The van der Waals surface area contributed by atoms with E-state index >= 15 is 0 Å². The second-order valence-corrected chi connectivity index (χ2v) is 25.2. The molecule has 0 aromatic heterocycles.